The van der Waals surface area contributed by atoms with Gasteiger partial charge in [0.1, 0.15) is 5.82 Å². The molecule has 0 fully saturated rings. The van der Waals surface area contributed by atoms with Gasteiger partial charge < -0.3 is 10.1 Å². The molecule has 0 radical (unpaired) electrons. The van der Waals surface area contributed by atoms with Gasteiger partial charge in [-0.2, -0.15) is 0 Å². The fourth-order valence-corrected chi connectivity index (χ4v) is 2.46. The highest BCUT2D eigenvalue weighted by molar-refractivity contribution is 5.60. The monoisotopic (exact) mass is 269 g/mol. The number of nitrogens with zero attached hydrogens (tertiary/aromatic N) is 2. The molecule has 1 aliphatic heterocycles. The van der Waals surface area contributed by atoms with Crippen molar-refractivity contribution in [3.05, 3.63) is 41.1 Å². The van der Waals surface area contributed by atoms with Crippen molar-refractivity contribution in [1.82, 2.24) is 9.97 Å². The normalized spacial score (nSPS) is 13.9. The summed E-state index contributed by atoms with van der Waals surface area (Å²) in [5.74, 6) is 1.67. The molecule has 1 aromatic heterocycles. The topological polar surface area (TPSA) is 47.0 Å². The van der Waals surface area contributed by atoms with Crippen LogP contribution in [-0.2, 0) is 24.2 Å². The first-order chi connectivity index (χ1) is 9.81. The van der Waals surface area contributed by atoms with Crippen molar-refractivity contribution in [3.63, 3.8) is 0 Å². The van der Waals surface area contributed by atoms with Crippen LogP contribution < -0.4 is 5.32 Å². The quantitative estimate of drug-likeness (QED) is 0.930. The van der Waals surface area contributed by atoms with Crippen LogP contribution in [-0.4, -0.2) is 23.6 Å². The zero-order valence-electron chi connectivity index (χ0n) is 11.9. The number of nitrogens with one attached hydrogen (secondary N) is 1. The van der Waals surface area contributed by atoms with Crippen LogP contribution in [0.5, 0.6) is 0 Å². The van der Waals surface area contributed by atoms with E-state index in [0.29, 0.717) is 6.61 Å². The minimum absolute atomic E-state index is 0.598. The summed E-state index contributed by atoms with van der Waals surface area (Å²) in [6, 6.07) is 8.47. The van der Waals surface area contributed by atoms with E-state index in [1.54, 1.807) is 0 Å². The molecular weight excluding hydrogens is 250 g/mol. The van der Waals surface area contributed by atoms with E-state index in [-0.39, 0.29) is 0 Å². The molecule has 0 saturated heterocycles. The van der Waals surface area contributed by atoms with Crippen molar-refractivity contribution in [3.8, 4) is 11.4 Å². The molecule has 0 unspecified atom stereocenters. The molecule has 0 bridgehead atoms. The number of anilines is 1. The van der Waals surface area contributed by atoms with E-state index in [1.807, 2.05) is 7.05 Å². The van der Waals surface area contributed by atoms with E-state index < -0.39 is 0 Å². The Morgan fingerprint density at radius 3 is 2.70 bits per heavy atom. The van der Waals surface area contributed by atoms with Gasteiger partial charge in [0.2, 0.25) is 0 Å². The number of hydrogen-bond acceptors (Lipinski definition) is 4. The third-order valence-electron chi connectivity index (χ3n) is 3.68. The van der Waals surface area contributed by atoms with Gasteiger partial charge in [0.15, 0.2) is 5.82 Å². The molecule has 2 heterocycles. The fourth-order valence-electron chi connectivity index (χ4n) is 2.46. The molecule has 3 rings (SSSR count). The molecule has 0 spiro atoms. The van der Waals surface area contributed by atoms with E-state index in [1.165, 1.54) is 5.56 Å². The van der Waals surface area contributed by atoms with Crippen molar-refractivity contribution < 1.29 is 4.74 Å². The first-order valence-corrected chi connectivity index (χ1v) is 7.06. The molecule has 0 amide bonds. The number of hydrogen-bond donors (Lipinski definition) is 1. The first-order valence-electron chi connectivity index (χ1n) is 7.06. The summed E-state index contributed by atoms with van der Waals surface area (Å²) >= 11 is 0. The van der Waals surface area contributed by atoms with Crippen LogP contribution in [0.15, 0.2) is 24.3 Å². The summed E-state index contributed by atoms with van der Waals surface area (Å²) in [5, 5.41) is 3.16. The lowest BCUT2D eigenvalue weighted by atomic mass is 10.1. The van der Waals surface area contributed by atoms with Crippen LogP contribution >= 0.6 is 0 Å². The number of aryl methyl sites for hydroxylation is 1. The average molecular weight is 269 g/mol. The summed E-state index contributed by atoms with van der Waals surface area (Å²) in [5.41, 5.74) is 4.58. The Hall–Kier alpha value is -1.94. The highest BCUT2D eigenvalue weighted by Gasteiger charge is 2.18. The third-order valence-corrected chi connectivity index (χ3v) is 3.68. The molecule has 2 aromatic rings. The second-order valence-corrected chi connectivity index (χ2v) is 4.92. The highest BCUT2D eigenvalue weighted by atomic mass is 16.5. The maximum Gasteiger partial charge on any atom is 0.161 e. The molecule has 4 heteroatoms. The van der Waals surface area contributed by atoms with Gasteiger partial charge in [-0.1, -0.05) is 31.2 Å². The largest absolute Gasteiger partial charge is 0.376 e. The van der Waals surface area contributed by atoms with Crippen LogP contribution in [0, 0.1) is 0 Å². The second kappa shape index (κ2) is 5.59. The maximum absolute atomic E-state index is 5.49. The molecule has 4 nitrogen and oxygen atoms in total. The Kier molecular flexibility index (Phi) is 3.65. The van der Waals surface area contributed by atoms with E-state index in [0.717, 1.165) is 47.9 Å². The summed E-state index contributed by atoms with van der Waals surface area (Å²) in [7, 11) is 1.89. The Balaban J connectivity index is 2.04. The molecule has 0 saturated carbocycles. The maximum atomic E-state index is 5.49. The van der Waals surface area contributed by atoms with E-state index in [9.17, 15) is 0 Å². The number of ether oxygens (including phenoxy) is 1. The van der Waals surface area contributed by atoms with Gasteiger partial charge in [0.25, 0.3) is 0 Å². The molecule has 0 aliphatic carbocycles. The lowest BCUT2D eigenvalue weighted by Gasteiger charge is -2.19. The highest BCUT2D eigenvalue weighted by Crippen LogP contribution is 2.26. The van der Waals surface area contributed by atoms with Crippen molar-refractivity contribution >= 4 is 5.82 Å². The van der Waals surface area contributed by atoms with Gasteiger partial charge in [0.05, 0.1) is 18.9 Å². The number of benzene rings is 1. The molecule has 20 heavy (non-hydrogen) atoms. The molecule has 1 aliphatic rings. The zero-order valence-corrected chi connectivity index (χ0v) is 11.9. The predicted octanol–water partition coefficient (Wildman–Crippen LogP) is 2.82. The van der Waals surface area contributed by atoms with Crippen LogP contribution in [0.3, 0.4) is 0 Å². The standard InChI is InChI=1S/C16H19N3O/c1-3-11-4-6-12(7-5-11)15-18-14-8-9-20-10-13(14)16(17-2)19-15/h4-7H,3,8-10H2,1-2H3,(H,17,18,19). The molecular formula is C16H19N3O. The van der Waals surface area contributed by atoms with Gasteiger partial charge in [-0.25, -0.2) is 9.97 Å². The zero-order chi connectivity index (χ0) is 13.9. The number of aromatic nitrogens is 2. The predicted molar refractivity (Wildman–Crippen MR) is 79.8 cm³/mol. The Labute approximate surface area is 119 Å². The lowest BCUT2D eigenvalue weighted by Crippen LogP contribution is -2.16. The van der Waals surface area contributed by atoms with E-state index in [4.69, 9.17) is 9.72 Å². The van der Waals surface area contributed by atoms with Crippen molar-refractivity contribution in [2.45, 2.75) is 26.4 Å². The van der Waals surface area contributed by atoms with Gasteiger partial charge in [0, 0.05) is 24.6 Å². The summed E-state index contributed by atoms with van der Waals surface area (Å²) < 4.78 is 5.49. The third kappa shape index (κ3) is 2.39. The SMILES string of the molecule is CCc1ccc(-c2nc3c(c(NC)n2)COCC3)cc1. The second-order valence-electron chi connectivity index (χ2n) is 4.92. The van der Waals surface area contributed by atoms with Crippen LogP contribution in [0.4, 0.5) is 5.82 Å². The van der Waals surface area contributed by atoms with Crippen molar-refractivity contribution in [1.29, 1.82) is 0 Å². The fraction of sp³-hybridized carbons (Fsp3) is 0.375. The smallest absolute Gasteiger partial charge is 0.161 e. The Morgan fingerprint density at radius 2 is 2.00 bits per heavy atom. The Morgan fingerprint density at radius 1 is 1.20 bits per heavy atom. The molecule has 104 valence electrons. The van der Waals surface area contributed by atoms with Gasteiger partial charge in [-0.05, 0) is 12.0 Å². The minimum Gasteiger partial charge on any atom is -0.376 e. The first kappa shape index (κ1) is 13.1. The van der Waals surface area contributed by atoms with Gasteiger partial charge in [-0.3, -0.25) is 0 Å². The van der Waals surface area contributed by atoms with Crippen LogP contribution in [0.2, 0.25) is 0 Å². The number of rotatable bonds is 3. The van der Waals surface area contributed by atoms with E-state index in [2.05, 4.69) is 41.5 Å². The van der Waals surface area contributed by atoms with Gasteiger partial charge in [-0.15, -0.1) is 0 Å². The number of fused-ring (bicyclic) bond motifs is 1. The van der Waals surface area contributed by atoms with Crippen molar-refractivity contribution in [2.24, 2.45) is 0 Å². The minimum atomic E-state index is 0.598. The molecule has 1 N–H and O–H groups in total. The molecule has 1 aromatic carbocycles. The summed E-state index contributed by atoms with van der Waals surface area (Å²) in [6.07, 6.45) is 1.90. The van der Waals surface area contributed by atoms with Crippen LogP contribution in [0.25, 0.3) is 11.4 Å². The lowest BCUT2D eigenvalue weighted by molar-refractivity contribution is 0.109. The van der Waals surface area contributed by atoms with Gasteiger partial charge >= 0.3 is 0 Å². The Bertz CT molecular complexity index is 591. The van der Waals surface area contributed by atoms with Crippen molar-refractivity contribution in [2.75, 3.05) is 19.0 Å². The average Bonchev–Trinajstić information content (AvgIpc) is 2.54. The summed E-state index contributed by atoms with van der Waals surface area (Å²) in [4.78, 5) is 9.34. The van der Waals surface area contributed by atoms with E-state index >= 15 is 0 Å². The van der Waals surface area contributed by atoms with Crippen LogP contribution in [0.1, 0.15) is 23.7 Å². The summed E-state index contributed by atoms with van der Waals surface area (Å²) in [6.45, 7) is 3.49. The molecule has 0 atom stereocenters.